The molecule has 2 aliphatic rings. The van der Waals surface area contributed by atoms with Gasteiger partial charge in [-0.2, -0.15) is 0 Å². The van der Waals surface area contributed by atoms with E-state index in [2.05, 4.69) is 10.3 Å². The van der Waals surface area contributed by atoms with Gasteiger partial charge in [0.25, 0.3) is 0 Å². The van der Waals surface area contributed by atoms with Gasteiger partial charge < -0.3 is 10.1 Å². The molecule has 2 aromatic carbocycles. The molecule has 164 valence electrons. The molecule has 1 saturated carbocycles. The van der Waals surface area contributed by atoms with Crippen molar-refractivity contribution in [2.45, 2.75) is 31.2 Å². The highest BCUT2D eigenvalue weighted by atomic mass is 35.5. The quantitative estimate of drug-likeness (QED) is 0.602. The van der Waals surface area contributed by atoms with Gasteiger partial charge >= 0.3 is 6.03 Å². The number of anilines is 1. The minimum Gasteiger partial charge on any atom is -0.497 e. The Morgan fingerprint density at radius 2 is 2.00 bits per heavy atom. The second-order valence-electron chi connectivity index (χ2n) is 8.26. The van der Waals surface area contributed by atoms with Crippen LogP contribution in [0.3, 0.4) is 0 Å². The summed E-state index contributed by atoms with van der Waals surface area (Å²) in [4.78, 5) is 31.7. The topological polar surface area (TPSA) is 71.5 Å². The smallest absolute Gasteiger partial charge is 0.329 e. The molecule has 1 aliphatic heterocycles. The summed E-state index contributed by atoms with van der Waals surface area (Å²) in [6.45, 7) is 0. The Bertz CT molecular complexity index is 1230. The second kappa shape index (κ2) is 8.06. The van der Waals surface area contributed by atoms with Gasteiger partial charge in [0, 0.05) is 28.0 Å². The van der Waals surface area contributed by atoms with Gasteiger partial charge in [0.15, 0.2) is 0 Å². The van der Waals surface area contributed by atoms with Crippen molar-refractivity contribution in [3.63, 3.8) is 0 Å². The molecule has 6 nitrogen and oxygen atoms in total. The number of urea groups is 1. The van der Waals surface area contributed by atoms with Gasteiger partial charge in [0.1, 0.15) is 11.6 Å². The van der Waals surface area contributed by atoms with Gasteiger partial charge in [0.05, 0.1) is 24.9 Å². The maximum absolute atomic E-state index is 13.9. The van der Waals surface area contributed by atoms with E-state index in [0.717, 1.165) is 22.6 Å². The summed E-state index contributed by atoms with van der Waals surface area (Å²) < 4.78 is 19.2. The highest BCUT2D eigenvalue weighted by molar-refractivity contribution is 6.31. The first-order valence-electron chi connectivity index (χ1n) is 10.5. The van der Waals surface area contributed by atoms with E-state index in [1.165, 1.54) is 18.3 Å². The number of hydrogen-bond donors (Lipinski definition) is 1. The van der Waals surface area contributed by atoms with Crippen LogP contribution in [0.4, 0.5) is 14.9 Å². The average Bonchev–Trinajstić information content (AvgIpc) is 2.79. The van der Waals surface area contributed by atoms with Gasteiger partial charge in [-0.15, -0.1) is 0 Å². The molecule has 2 fully saturated rings. The van der Waals surface area contributed by atoms with E-state index < -0.39 is 11.8 Å². The molecule has 1 N–H and O–H groups in total. The number of nitrogens with zero attached hydrogens (tertiary/aromatic N) is 2. The first kappa shape index (κ1) is 20.7. The second-order valence-corrected chi connectivity index (χ2v) is 8.66. The third kappa shape index (κ3) is 3.46. The number of hydrogen-bond acceptors (Lipinski definition) is 4. The summed E-state index contributed by atoms with van der Waals surface area (Å²) in [6.07, 6.45) is 4.97. The van der Waals surface area contributed by atoms with E-state index in [-0.39, 0.29) is 23.8 Å². The van der Waals surface area contributed by atoms with E-state index in [1.807, 2.05) is 12.1 Å². The first-order chi connectivity index (χ1) is 15.5. The van der Waals surface area contributed by atoms with Crippen LogP contribution in [0.5, 0.6) is 5.75 Å². The van der Waals surface area contributed by atoms with E-state index >= 15 is 0 Å². The van der Waals surface area contributed by atoms with E-state index in [4.69, 9.17) is 16.3 Å². The number of halogens is 2. The third-order valence-corrected chi connectivity index (χ3v) is 6.83. The van der Waals surface area contributed by atoms with Crippen molar-refractivity contribution in [1.29, 1.82) is 0 Å². The van der Waals surface area contributed by atoms with Gasteiger partial charge in [-0.05, 0) is 67.1 Å². The zero-order valence-electron chi connectivity index (χ0n) is 17.3. The van der Waals surface area contributed by atoms with E-state index in [1.54, 1.807) is 25.4 Å². The zero-order chi connectivity index (χ0) is 22.4. The van der Waals surface area contributed by atoms with Crippen LogP contribution >= 0.6 is 11.6 Å². The van der Waals surface area contributed by atoms with Crippen molar-refractivity contribution in [2.75, 3.05) is 12.0 Å². The Kier molecular flexibility index (Phi) is 5.21. The van der Waals surface area contributed by atoms with Crippen molar-refractivity contribution in [2.24, 2.45) is 5.92 Å². The lowest BCUT2D eigenvalue weighted by Gasteiger charge is -2.42. The molecule has 0 spiro atoms. The molecular formula is C24H21ClFN3O3. The molecule has 5 rings (SSSR count). The molecule has 2 heterocycles. The van der Waals surface area contributed by atoms with Crippen molar-refractivity contribution in [3.05, 3.63) is 65.2 Å². The van der Waals surface area contributed by atoms with Crippen molar-refractivity contribution in [3.8, 4) is 5.75 Å². The lowest BCUT2D eigenvalue weighted by molar-refractivity contribution is -0.124. The standard InChI is InChI=1S/C24H21ClFN3O3/c1-32-16-5-7-20(25)18(10-16)13-3-6-17-21(8-13)28-24(31)29(23(17)30)22-12-27-11-14-2-4-15(26)9-19(14)22/h2,4-5,7,9-13,17,21H,3,6,8H2,1H3,(H,28,31). The number of ether oxygens (including phenoxy) is 1. The molecule has 1 aliphatic carbocycles. The number of carbonyl (C=O) groups is 2. The predicted octanol–water partition coefficient (Wildman–Crippen LogP) is 5.04. The molecule has 3 atom stereocenters. The maximum atomic E-state index is 13.9. The Morgan fingerprint density at radius 3 is 2.81 bits per heavy atom. The molecule has 3 amide bonds. The minimum absolute atomic E-state index is 0.104. The molecule has 1 saturated heterocycles. The van der Waals surface area contributed by atoms with E-state index in [0.29, 0.717) is 34.3 Å². The summed E-state index contributed by atoms with van der Waals surface area (Å²) in [5.41, 5.74) is 1.25. The highest BCUT2D eigenvalue weighted by Gasteiger charge is 2.45. The Labute approximate surface area is 189 Å². The maximum Gasteiger partial charge on any atom is 0.329 e. The largest absolute Gasteiger partial charge is 0.497 e. The number of pyridine rings is 1. The summed E-state index contributed by atoms with van der Waals surface area (Å²) in [6, 6.07) is 8.94. The fourth-order valence-corrected chi connectivity index (χ4v) is 5.16. The number of imide groups is 1. The summed E-state index contributed by atoms with van der Waals surface area (Å²) in [5.74, 6) is -0.267. The number of carbonyl (C=O) groups excluding carboxylic acids is 2. The predicted molar refractivity (Wildman–Crippen MR) is 120 cm³/mol. The normalized spacial score (nSPS) is 23.1. The Hall–Kier alpha value is -3.19. The third-order valence-electron chi connectivity index (χ3n) is 6.49. The fourth-order valence-electron chi connectivity index (χ4n) is 4.89. The zero-order valence-corrected chi connectivity index (χ0v) is 18.1. The highest BCUT2D eigenvalue weighted by Crippen LogP contribution is 2.42. The number of amides is 3. The number of fused-ring (bicyclic) bond motifs is 2. The molecule has 1 aromatic heterocycles. The van der Waals surface area contributed by atoms with Crippen molar-refractivity contribution < 1.29 is 18.7 Å². The fraction of sp³-hybridized carbons (Fsp3) is 0.292. The minimum atomic E-state index is -0.521. The molecule has 0 radical (unpaired) electrons. The first-order valence-corrected chi connectivity index (χ1v) is 10.8. The molecule has 32 heavy (non-hydrogen) atoms. The Balaban J connectivity index is 1.44. The van der Waals surface area contributed by atoms with Gasteiger partial charge in [-0.3, -0.25) is 9.78 Å². The number of methoxy groups -OCH3 is 1. The van der Waals surface area contributed by atoms with Crippen LogP contribution in [-0.4, -0.2) is 30.1 Å². The molecular weight excluding hydrogens is 433 g/mol. The lowest BCUT2D eigenvalue weighted by atomic mass is 9.74. The van der Waals surface area contributed by atoms with Crippen LogP contribution in [0.25, 0.3) is 10.8 Å². The molecule has 8 heteroatoms. The lowest BCUT2D eigenvalue weighted by Crippen LogP contribution is -2.61. The average molecular weight is 454 g/mol. The van der Waals surface area contributed by atoms with Gasteiger partial charge in [-0.25, -0.2) is 14.1 Å². The molecule has 3 aromatic rings. The summed E-state index contributed by atoms with van der Waals surface area (Å²) in [7, 11) is 1.60. The van der Waals surface area contributed by atoms with Gasteiger partial charge in [0.2, 0.25) is 5.91 Å². The molecule has 0 bridgehead atoms. The van der Waals surface area contributed by atoms with Gasteiger partial charge in [-0.1, -0.05) is 11.6 Å². The number of rotatable bonds is 3. The number of aromatic nitrogens is 1. The SMILES string of the molecule is COc1ccc(Cl)c(C2CCC3C(=O)N(c4cncc5ccc(F)cc45)C(=O)NC3C2)c1. The summed E-state index contributed by atoms with van der Waals surface area (Å²) in [5, 5.41) is 4.77. The van der Waals surface area contributed by atoms with Crippen LogP contribution in [0.15, 0.2) is 48.8 Å². The van der Waals surface area contributed by atoms with Crippen molar-refractivity contribution in [1.82, 2.24) is 10.3 Å². The number of nitrogens with one attached hydrogen (secondary N) is 1. The summed E-state index contributed by atoms with van der Waals surface area (Å²) >= 11 is 6.43. The van der Waals surface area contributed by atoms with E-state index in [9.17, 15) is 14.0 Å². The number of benzene rings is 2. The van der Waals surface area contributed by atoms with Crippen LogP contribution in [0, 0.1) is 11.7 Å². The monoisotopic (exact) mass is 453 g/mol. The Morgan fingerprint density at radius 1 is 1.16 bits per heavy atom. The molecule has 3 unspecified atom stereocenters. The van der Waals surface area contributed by atoms with Crippen LogP contribution in [-0.2, 0) is 4.79 Å². The van der Waals surface area contributed by atoms with Crippen LogP contribution in [0.1, 0.15) is 30.7 Å². The van der Waals surface area contributed by atoms with Crippen LogP contribution < -0.4 is 15.0 Å². The van der Waals surface area contributed by atoms with Crippen molar-refractivity contribution >= 4 is 40.0 Å². The van der Waals surface area contributed by atoms with Crippen LogP contribution in [0.2, 0.25) is 5.02 Å².